The van der Waals surface area contributed by atoms with Crippen molar-refractivity contribution in [3.8, 4) is 0 Å². The number of benzene rings is 1. The van der Waals surface area contributed by atoms with Gasteiger partial charge in [-0.05, 0) is 49.8 Å². The lowest BCUT2D eigenvalue weighted by Crippen LogP contribution is -2.15. The first-order valence-electron chi connectivity index (χ1n) is 9.24. The molecule has 2 N–H and O–H groups in total. The van der Waals surface area contributed by atoms with Crippen molar-refractivity contribution < 1.29 is 0 Å². The zero-order chi connectivity index (χ0) is 18.5. The number of thiophene rings is 1. The Kier molecular flexibility index (Phi) is 4.09. The number of para-hydroxylation sites is 2. The van der Waals surface area contributed by atoms with Crippen molar-refractivity contribution in [3.63, 3.8) is 0 Å². The zero-order valence-corrected chi connectivity index (χ0v) is 16.8. The topological polar surface area (TPSA) is 74.4 Å². The Morgan fingerprint density at radius 1 is 1.26 bits per heavy atom. The Labute approximate surface area is 164 Å². The van der Waals surface area contributed by atoms with E-state index >= 15 is 0 Å². The summed E-state index contributed by atoms with van der Waals surface area (Å²) < 4.78 is 0. The monoisotopic (exact) mass is 396 g/mol. The summed E-state index contributed by atoms with van der Waals surface area (Å²) in [6, 6.07) is 7.97. The molecule has 4 aromatic rings. The van der Waals surface area contributed by atoms with Crippen LogP contribution in [0.1, 0.15) is 41.8 Å². The Hall–Kier alpha value is -2.12. The third kappa shape index (κ3) is 2.99. The van der Waals surface area contributed by atoms with Gasteiger partial charge in [-0.15, -0.1) is 11.3 Å². The molecule has 1 aliphatic carbocycles. The third-order valence-electron chi connectivity index (χ3n) is 5.22. The Balaban J connectivity index is 1.49. The van der Waals surface area contributed by atoms with Crippen molar-refractivity contribution in [1.29, 1.82) is 0 Å². The normalized spacial score (nSPS) is 18.1. The van der Waals surface area contributed by atoms with Gasteiger partial charge in [0, 0.05) is 4.88 Å². The van der Waals surface area contributed by atoms with Gasteiger partial charge < -0.3 is 9.97 Å². The van der Waals surface area contributed by atoms with E-state index in [1.54, 1.807) is 23.1 Å². The first-order chi connectivity index (χ1) is 13.1. The molecule has 0 unspecified atom stereocenters. The van der Waals surface area contributed by atoms with Crippen molar-refractivity contribution in [2.75, 3.05) is 0 Å². The number of hydrogen-bond donors (Lipinski definition) is 2. The summed E-state index contributed by atoms with van der Waals surface area (Å²) in [5.74, 6) is 1.40. The number of aryl methyl sites for hydroxylation is 1. The van der Waals surface area contributed by atoms with E-state index in [1.807, 2.05) is 24.3 Å². The molecular weight excluding hydrogens is 376 g/mol. The summed E-state index contributed by atoms with van der Waals surface area (Å²) >= 11 is 3.28. The molecule has 2 atom stereocenters. The molecule has 0 aliphatic heterocycles. The van der Waals surface area contributed by atoms with Crippen LogP contribution in [0.4, 0.5) is 0 Å². The number of hydrogen-bond acceptors (Lipinski definition) is 5. The van der Waals surface area contributed by atoms with Gasteiger partial charge in [-0.1, -0.05) is 30.8 Å². The second-order valence-electron chi connectivity index (χ2n) is 7.30. The molecule has 0 saturated heterocycles. The second kappa shape index (κ2) is 6.49. The van der Waals surface area contributed by atoms with E-state index in [0.717, 1.165) is 45.7 Å². The van der Waals surface area contributed by atoms with Gasteiger partial charge in [0.1, 0.15) is 10.7 Å². The zero-order valence-electron chi connectivity index (χ0n) is 15.2. The molecule has 1 aromatic carbocycles. The van der Waals surface area contributed by atoms with Crippen LogP contribution in [0.25, 0.3) is 21.3 Å². The number of nitrogens with one attached hydrogen (secondary N) is 2. The summed E-state index contributed by atoms with van der Waals surface area (Å²) in [6.07, 6.45) is 3.21. The second-order valence-corrected chi connectivity index (χ2v) is 9.72. The fourth-order valence-corrected chi connectivity index (χ4v) is 6.04. The molecule has 0 fully saturated rings. The standard InChI is InChI=1S/C20H20N4OS2/c1-10-7-8-12-15(9-10)27-19-16(12)18(25)23-17(24-19)11(2)26-20-21-13-5-3-4-6-14(13)22-20/h3-6,10-11H,7-9H2,1-2H3,(H,21,22)(H,23,24,25)/t10-,11-/m1/s1. The van der Waals surface area contributed by atoms with Gasteiger partial charge in [-0.2, -0.15) is 0 Å². The van der Waals surface area contributed by atoms with Gasteiger partial charge in [0.25, 0.3) is 5.56 Å². The van der Waals surface area contributed by atoms with E-state index in [4.69, 9.17) is 4.98 Å². The molecule has 0 radical (unpaired) electrons. The van der Waals surface area contributed by atoms with E-state index in [9.17, 15) is 4.79 Å². The molecule has 0 bridgehead atoms. The lowest BCUT2D eigenvalue weighted by atomic mass is 9.89. The number of rotatable bonds is 3. The first-order valence-corrected chi connectivity index (χ1v) is 10.9. The Morgan fingerprint density at radius 2 is 2.11 bits per heavy atom. The largest absolute Gasteiger partial charge is 0.333 e. The highest BCUT2D eigenvalue weighted by molar-refractivity contribution is 7.99. The molecule has 27 heavy (non-hydrogen) atoms. The van der Waals surface area contributed by atoms with Gasteiger partial charge in [0.05, 0.1) is 21.7 Å². The summed E-state index contributed by atoms with van der Waals surface area (Å²) in [5.41, 5.74) is 3.19. The molecule has 138 valence electrons. The molecule has 0 amide bonds. The van der Waals surface area contributed by atoms with Crippen LogP contribution < -0.4 is 5.56 Å². The van der Waals surface area contributed by atoms with Crippen molar-refractivity contribution in [1.82, 2.24) is 19.9 Å². The highest BCUT2D eigenvalue weighted by atomic mass is 32.2. The fraction of sp³-hybridized carbons (Fsp3) is 0.350. The number of H-pyrrole nitrogens is 2. The summed E-state index contributed by atoms with van der Waals surface area (Å²) in [4.78, 5) is 30.8. The number of aromatic nitrogens is 4. The van der Waals surface area contributed by atoms with E-state index in [0.29, 0.717) is 11.7 Å². The van der Waals surface area contributed by atoms with Gasteiger partial charge in [0.15, 0.2) is 5.16 Å². The molecule has 0 saturated carbocycles. The number of thioether (sulfide) groups is 1. The summed E-state index contributed by atoms with van der Waals surface area (Å²) in [5, 5.41) is 1.65. The first kappa shape index (κ1) is 17.0. The molecule has 1 aliphatic rings. The summed E-state index contributed by atoms with van der Waals surface area (Å²) in [6.45, 7) is 4.33. The number of fused-ring (bicyclic) bond motifs is 4. The third-order valence-corrected chi connectivity index (χ3v) is 7.37. The lowest BCUT2D eigenvalue weighted by Gasteiger charge is -2.17. The summed E-state index contributed by atoms with van der Waals surface area (Å²) in [7, 11) is 0. The average molecular weight is 397 g/mol. The van der Waals surface area contributed by atoms with Crippen LogP contribution in [0.15, 0.2) is 34.2 Å². The molecule has 0 spiro atoms. The van der Waals surface area contributed by atoms with Gasteiger partial charge >= 0.3 is 0 Å². The van der Waals surface area contributed by atoms with Crippen LogP contribution in [0, 0.1) is 5.92 Å². The minimum Gasteiger partial charge on any atom is -0.333 e. The van der Waals surface area contributed by atoms with Crippen LogP contribution in [0.2, 0.25) is 0 Å². The minimum atomic E-state index is -0.000825. The quantitative estimate of drug-likeness (QED) is 0.486. The maximum absolute atomic E-state index is 12.8. The van der Waals surface area contributed by atoms with Crippen molar-refractivity contribution in [2.45, 2.75) is 43.5 Å². The molecule has 3 heterocycles. The highest BCUT2D eigenvalue weighted by Crippen LogP contribution is 2.37. The molecule has 3 aromatic heterocycles. The van der Waals surface area contributed by atoms with Crippen molar-refractivity contribution in [3.05, 3.63) is 50.9 Å². The maximum atomic E-state index is 12.8. The number of aromatic amines is 2. The average Bonchev–Trinajstić information content (AvgIpc) is 3.21. The highest BCUT2D eigenvalue weighted by Gasteiger charge is 2.24. The fourth-order valence-electron chi connectivity index (χ4n) is 3.77. The van der Waals surface area contributed by atoms with Crippen LogP contribution in [-0.4, -0.2) is 19.9 Å². The SMILES string of the molecule is C[C@@H]1CCc2c(sc3nc([C@@H](C)Sc4nc5ccccc5[nH]4)[nH]c(=O)c23)C1. The maximum Gasteiger partial charge on any atom is 0.259 e. The van der Waals surface area contributed by atoms with Gasteiger partial charge in [-0.3, -0.25) is 4.79 Å². The molecule has 5 rings (SSSR count). The molecular formula is C20H20N4OS2. The van der Waals surface area contributed by atoms with Crippen molar-refractivity contribution >= 4 is 44.3 Å². The van der Waals surface area contributed by atoms with E-state index in [-0.39, 0.29) is 10.8 Å². The van der Waals surface area contributed by atoms with E-state index < -0.39 is 0 Å². The molecule has 5 nitrogen and oxygen atoms in total. The van der Waals surface area contributed by atoms with Crippen LogP contribution >= 0.6 is 23.1 Å². The predicted molar refractivity (Wildman–Crippen MR) is 112 cm³/mol. The Morgan fingerprint density at radius 3 is 2.96 bits per heavy atom. The molecule has 7 heteroatoms. The Bertz CT molecular complexity index is 1170. The van der Waals surface area contributed by atoms with Crippen LogP contribution in [0.3, 0.4) is 0 Å². The van der Waals surface area contributed by atoms with Crippen LogP contribution in [-0.2, 0) is 12.8 Å². The van der Waals surface area contributed by atoms with Gasteiger partial charge in [0.2, 0.25) is 0 Å². The lowest BCUT2D eigenvalue weighted by molar-refractivity contribution is 0.509. The van der Waals surface area contributed by atoms with E-state index in [1.165, 1.54) is 10.4 Å². The smallest absolute Gasteiger partial charge is 0.259 e. The van der Waals surface area contributed by atoms with Gasteiger partial charge in [-0.25, -0.2) is 9.97 Å². The van der Waals surface area contributed by atoms with E-state index in [2.05, 4.69) is 28.8 Å². The number of nitrogens with zero attached hydrogens (tertiary/aromatic N) is 2. The minimum absolute atomic E-state index is 0.000661. The predicted octanol–water partition coefficient (Wildman–Crippen LogP) is 4.84. The van der Waals surface area contributed by atoms with Crippen LogP contribution in [0.5, 0.6) is 0 Å². The van der Waals surface area contributed by atoms with Crippen molar-refractivity contribution in [2.24, 2.45) is 5.92 Å². The number of imidazole rings is 1.